The lowest BCUT2D eigenvalue weighted by Gasteiger charge is -2.16. The van der Waals surface area contributed by atoms with E-state index in [9.17, 15) is 4.79 Å². The Kier molecular flexibility index (Phi) is 8.35. The van der Waals surface area contributed by atoms with Crippen LogP contribution in [0.1, 0.15) is 18.4 Å². The van der Waals surface area contributed by atoms with Crippen LogP contribution in [0.25, 0.3) is 0 Å². The molecule has 1 aromatic rings. The zero-order valence-electron chi connectivity index (χ0n) is 12.6. The number of amides is 1. The largest absolute Gasteiger partial charge is 0.376 e. The Morgan fingerprint density at radius 2 is 2.14 bits per heavy atom. The van der Waals surface area contributed by atoms with Crippen molar-refractivity contribution in [3.05, 3.63) is 35.9 Å². The Hall–Kier alpha value is -1.10. The summed E-state index contributed by atoms with van der Waals surface area (Å²) < 4.78 is 5.56. The second-order valence-corrected chi connectivity index (χ2v) is 5.34. The van der Waals surface area contributed by atoms with E-state index in [2.05, 4.69) is 5.32 Å². The molecule has 1 amide bonds. The summed E-state index contributed by atoms with van der Waals surface area (Å²) in [5.41, 5.74) is 1.15. The highest BCUT2D eigenvalue weighted by molar-refractivity contribution is 5.85. The summed E-state index contributed by atoms with van der Waals surface area (Å²) in [5.74, 6) is 0.825. The maximum Gasteiger partial charge on any atom is 0.224 e. The Bertz CT molecular complexity index is 414. The molecule has 0 spiro atoms. The van der Waals surface area contributed by atoms with E-state index in [1.807, 2.05) is 42.3 Å². The van der Waals surface area contributed by atoms with Gasteiger partial charge in [0.05, 0.1) is 19.6 Å². The SMILES string of the molecule is CNCC1CCN(C(=O)CCOCc2ccccc2)C1.Cl. The summed E-state index contributed by atoms with van der Waals surface area (Å²) in [5, 5.41) is 3.18. The van der Waals surface area contributed by atoms with Crippen molar-refractivity contribution < 1.29 is 9.53 Å². The van der Waals surface area contributed by atoms with Crippen LogP contribution in [0.5, 0.6) is 0 Å². The quantitative estimate of drug-likeness (QED) is 0.784. The molecule has 5 heteroatoms. The van der Waals surface area contributed by atoms with E-state index >= 15 is 0 Å². The first-order valence-corrected chi connectivity index (χ1v) is 7.33. The van der Waals surface area contributed by atoms with Crippen LogP contribution < -0.4 is 5.32 Å². The highest BCUT2D eigenvalue weighted by atomic mass is 35.5. The summed E-state index contributed by atoms with van der Waals surface area (Å²) in [7, 11) is 1.96. The lowest BCUT2D eigenvalue weighted by molar-refractivity contribution is -0.131. The molecule has 1 aliphatic rings. The third-order valence-corrected chi connectivity index (χ3v) is 3.70. The van der Waals surface area contributed by atoms with Gasteiger partial charge in [0.2, 0.25) is 5.91 Å². The van der Waals surface area contributed by atoms with Gasteiger partial charge in [0, 0.05) is 13.1 Å². The van der Waals surface area contributed by atoms with Gasteiger partial charge >= 0.3 is 0 Å². The fraction of sp³-hybridized carbons (Fsp3) is 0.562. The number of carbonyl (C=O) groups excluding carboxylic acids is 1. The van der Waals surface area contributed by atoms with Gasteiger partial charge in [-0.2, -0.15) is 0 Å². The Morgan fingerprint density at radius 3 is 2.86 bits per heavy atom. The van der Waals surface area contributed by atoms with Crippen LogP contribution in [0.2, 0.25) is 0 Å². The molecule has 1 unspecified atom stereocenters. The third kappa shape index (κ3) is 6.04. The van der Waals surface area contributed by atoms with Gasteiger partial charge in [0.15, 0.2) is 0 Å². The van der Waals surface area contributed by atoms with Crippen LogP contribution in [0.3, 0.4) is 0 Å². The van der Waals surface area contributed by atoms with Gasteiger partial charge < -0.3 is 15.0 Å². The molecule has 1 aliphatic heterocycles. The molecule has 0 bridgehead atoms. The molecule has 2 rings (SSSR count). The van der Waals surface area contributed by atoms with Crippen LogP contribution in [0, 0.1) is 5.92 Å². The molecule has 1 atom stereocenters. The summed E-state index contributed by atoms with van der Waals surface area (Å²) in [6, 6.07) is 10.0. The number of halogens is 1. The number of nitrogens with one attached hydrogen (secondary N) is 1. The van der Waals surface area contributed by atoms with Crippen LogP contribution in [-0.2, 0) is 16.1 Å². The van der Waals surface area contributed by atoms with Crippen LogP contribution in [-0.4, -0.2) is 44.1 Å². The number of hydrogen-bond acceptors (Lipinski definition) is 3. The summed E-state index contributed by atoms with van der Waals surface area (Å²) in [6.45, 7) is 3.86. The Morgan fingerprint density at radius 1 is 1.38 bits per heavy atom. The zero-order valence-corrected chi connectivity index (χ0v) is 13.4. The molecule has 1 aromatic carbocycles. The number of benzene rings is 1. The van der Waals surface area contributed by atoms with Crippen LogP contribution in [0.4, 0.5) is 0 Å². The summed E-state index contributed by atoms with van der Waals surface area (Å²) in [6.07, 6.45) is 1.59. The minimum Gasteiger partial charge on any atom is -0.376 e. The molecule has 118 valence electrons. The van der Waals surface area contributed by atoms with Gasteiger partial charge in [0.1, 0.15) is 0 Å². The fourth-order valence-electron chi connectivity index (χ4n) is 2.60. The normalized spacial score (nSPS) is 17.6. The number of rotatable bonds is 7. The zero-order chi connectivity index (χ0) is 14.2. The number of carbonyl (C=O) groups is 1. The van der Waals surface area contributed by atoms with E-state index in [-0.39, 0.29) is 18.3 Å². The van der Waals surface area contributed by atoms with Crippen molar-refractivity contribution in [2.24, 2.45) is 5.92 Å². The van der Waals surface area contributed by atoms with Crippen molar-refractivity contribution in [1.29, 1.82) is 0 Å². The van der Waals surface area contributed by atoms with Gasteiger partial charge in [-0.05, 0) is 31.5 Å². The van der Waals surface area contributed by atoms with E-state index in [4.69, 9.17) is 4.74 Å². The molecule has 0 saturated carbocycles. The highest BCUT2D eigenvalue weighted by Crippen LogP contribution is 2.16. The number of hydrogen-bond donors (Lipinski definition) is 1. The minimum atomic E-state index is 0. The highest BCUT2D eigenvalue weighted by Gasteiger charge is 2.25. The second kappa shape index (κ2) is 9.77. The van der Waals surface area contributed by atoms with E-state index in [1.165, 1.54) is 0 Å². The number of ether oxygens (including phenoxy) is 1. The predicted octanol–water partition coefficient (Wildman–Crippen LogP) is 2.08. The van der Waals surface area contributed by atoms with E-state index in [1.54, 1.807) is 0 Å². The van der Waals surface area contributed by atoms with Crippen LogP contribution in [0.15, 0.2) is 30.3 Å². The third-order valence-electron chi connectivity index (χ3n) is 3.70. The first-order chi connectivity index (χ1) is 9.79. The maximum absolute atomic E-state index is 12.0. The van der Waals surface area contributed by atoms with E-state index in [0.29, 0.717) is 25.6 Å². The standard InChI is InChI=1S/C16H24N2O2.ClH/c1-17-11-15-7-9-18(12-15)16(19)8-10-20-13-14-5-3-2-4-6-14;/h2-6,15,17H,7-13H2,1H3;1H. The topological polar surface area (TPSA) is 41.6 Å². The molecule has 1 saturated heterocycles. The summed E-state index contributed by atoms with van der Waals surface area (Å²) >= 11 is 0. The monoisotopic (exact) mass is 312 g/mol. The van der Waals surface area contributed by atoms with Gasteiger partial charge in [-0.3, -0.25) is 4.79 Å². The van der Waals surface area contributed by atoms with Crippen molar-refractivity contribution in [2.45, 2.75) is 19.4 Å². The molecule has 0 aromatic heterocycles. The minimum absolute atomic E-state index is 0. The van der Waals surface area contributed by atoms with Crippen molar-refractivity contribution in [3.63, 3.8) is 0 Å². The maximum atomic E-state index is 12.0. The van der Waals surface area contributed by atoms with Gasteiger partial charge in [-0.15, -0.1) is 12.4 Å². The van der Waals surface area contributed by atoms with Crippen molar-refractivity contribution >= 4 is 18.3 Å². The average Bonchev–Trinajstić information content (AvgIpc) is 2.94. The van der Waals surface area contributed by atoms with Crippen LogP contribution >= 0.6 is 12.4 Å². The number of nitrogens with zero attached hydrogens (tertiary/aromatic N) is 1. The smallest absolute Gasteiger partial charge is 0.224 e. The average molecular weight is 313 g/mol. The lowest BCUT2D eigenvalue weighted by atomic mass is 10.1. The molecule has 1 N–H and O–H groups in total. The number of likely N-dealkylation sites (tertiary alicyclic amines) is 1. The molecule has 0 radical (unpaired) electrons. The Labute approximate surface area is 133 Å². The van der Waals surface area contributed by atoms with E-state index in [0.717, 1.165) is 31.6 Å². The Balaban J connectivity index is 0.00000220. The van der Waals surface area contributed by atoms with Gasteiger partial charge in [-0.1, -0.05) is 30.3 Å². The van der Waals surface area contributed by atoms with Crippen molar-refractivity contribution in [3.8, 4) is 0 Å². The molecule has 1 heterocycles. The first-order valence-electron chi connectivity index (χ1n) is 7.33. The van der Waals surface area contributed by atoms with E-state index < -0.39 is 0 Å². The first kappa shape index (κ1) is 18.0. The van der Waals surface area contributed by atoms with Crippen molar-refractivity contribution in [1.82, 2.24) is 10.2 Å². The molecular weight excluding hydrogens is 288 g/mol. The molecule has 0 aliphatic carbocycles. The molecule has 1 fully saturated rings. The second-order valence-electron chi connectivity index (χ2n) is 5.34. The lowest BCUT2D eigenvalue weighted by Crippen LogP contribution is -2.30. The molecule has 4 nitrogen and oxygen atoms in total. The van der Waals surface area contributed by atoms with Gasteiger partial charge in [0.25, 0.3) is 0 Å². The fourth-order valence-corrected chi connectivity index (χ4v) is 2.60. The molecule has 21 heavy (non-hydrogen) atoms. The summed E-state index contributed by atoms with van der Waals surface area (Å²) in [4.78, 5) is 14.0. The predicted molar refractivity (Wildman–Crippen MR) is 86.6 cm³/mol. The van der Waals surface area contributed by atoms with Crippen molar-refractivity contribution in [2.75, 3.05) is 33.3 Å². The molecular formula is C16H25ClN2O2. The van der Waals surface area contributed by atoms with Gasteiger partial charge in [-0.25, -0.2) is 0 Å².